The van der Waals surface area contributed by atoms with Crippen LogP contribution in [0.3, 0.4) is 0 Å². The highest BCUT2D eigenvalue weighted by Crippen LogP contribution is 2.32. The molecule has 3 aromatic heterocycles. The Kier molecular flexibility index (Phi) is 6.50. The van der Waals surface area contributed by atoms with E-state index >= 15 is 0 Å². The van der Waals surface area contributed by atoms with Gasteiger partial charge in [0.15, 0.2) is 5.82 Å². The van der Waals surface area contributed by atoms with E-state index in [1.165, 1.54) is 18.3 Å². The summed E-state index contributed by atoms with van der Waals surface area (Å²) < 4.78 is 13.3. The molecule has 0 atom stereocenters. The van der Waals surface area contributed by atoms with Gasteiger partial charge in [-0.05, 0) is 36.2 Å². The van der Waals surface area contributed by atoms with Gasteiger partial charge in [-0.3, -0.25) is 9.59 Å². The molecule has 1 amide bonds. The van der Waals surface area contributed by atoms with E-state index in [2.05, 4.69) is 25.3 Å². The molecule has 0 aliphatic carbocycles. The number of benzene rings is 1. The fourth-order valence-electron chi connectivity index (χ4n) is 3.25. The largest absolute Gasteiger partial charge is 0.363 e. The lowest BCUT2D eigenvalue weighted by Crippen LogP contribution is -2.22. The van der Waals surface area contributed by atoms with Crippen LogP contribution in [0, 0.1) is 5.82 Å². The van der Waals surface area contributed by atoms with E-state index in [1.54, 1.807) is 30.6 Å². The van der Waals surface area contributed by atoms with Crippen molar-refractivity contribution in [2.75, 3.05) is 5.32 Å². The molecule has 3 heterocycles. The maximum atomic E-state index is 13.3. The van der Waals surface area contributed by atoms with Gasteiger partial charge in [0.25, 0.3) is 11.7 Å². The smallest absolute Gasteiger partial charge is 0.289 e. The molecule has 4 rings (SSSR count). The summed E-state index contributed by atoms with van der Waals surface area (Å²) in [6.45, 7) is 4.00. The Morgan fingerprint density at radius 3 is 2.50 bits per heavy atom. The number of nitrogens with one attached hydrogen (secondary N) is 2. The minimum atomic E-state index is -1.06. The highest BCUT2D eigenvalue weighted by Gasteiger charge is 2.21. The molecular formula is C22H20ClFN6O2. The summed E-state index contributed by atoms with van der Waals surface area (Å²) in [4.78, 5) is 39.9. The van der Waals surface area contributed by atoms with E-state index in [0.29, 0.717) is 33.9 Å². The first-order valence-electron chi connectivity index (χ1n) is 9.55. The number of halogens is 2. The normalized spacial score (nSPS) is 10.8. The number of hydrogen-bond acceptors (Lipinski definition) is 6. The number of aromatic nitrogens is 4. The minimum Gasteiger partial charge on any atom is -0.363 e. The number of carbonyl (C=O) groups is 2. The van der Waals surface area contributed by atoms with E-state index in [9.17, 15) is 14.0 Å². The van der Waals surface area contributed by atoms with Crippen molar-refractivity contribution in [2.45, 2.75) is 19.8 Å². The van der Waals surface area contributed by atoms with Gasteiger partial charge in [-0.15, -0.1) is 12.4 Å². The first-order valence-corrected chi connectivity index (χ1v) is 9.55. The van der Waals surface area contributed by atoms with Crippen LogP contribution in [0.1, 0.15) is 35.7 Å². The number of hydrogen-bond donors (Lipinski definition) is 3. The predicted molar refractivity (Wildman–Crippen MR) is 122 cm³/mol. The van der Waals surface area contributed by atoms with Crippen molar-refractivity contribution in [3.05, 3.63) is 65.9 Å². The fourth-order valence-corrected chi connectivity index (χ4v) is 3.25. The number of H-pyrrole nitrogens is 1. The number of anilines is 2. The lowest BCUT2D eigenvalue weighted by Gasteiger charge is -2.15. The number of primary amides is 1. The number of nitrogens with two attached hydrogens (primary N) is 1. The third-order valence-corrected chi connectivity index (χ3v) is 4.84. The van der Waals surface area contributed by atoms with Gasteiger partial charge in [0.1, 0.15) is 17.3 Å². The molecule has 0 bridgehead atoms. The number of Topliss-reactive ketones (excluding diaryl/α,β-unsaturated/α-hetero) is 1. The number of rotatable bonds is 6. The number of ketones is 1. The summed E-state index contributed by atoms with van der Waals surface area (Å²) in [5.41, 5.74) is 7.77. The molecule has 0 spiro atoms. The molecule has 0 aliphatic rings. The summed E-state index contributed by atoms with van der Waals surface area (Å²) in [7, 11) is 0. The van der Waals surface area contributed by atoms with Crippen LogP contribution in [0.2, 0.25) is 0 Å². The van der Waals surface area contributed by atoms with Gasteiger partial charge in [-0.25, -0.2) is 19.3 Å². The van der Waals surface area contributed by atoms with Gasteiger partial charge in [0, 0.05) is 29.7 Å². The van der Waals surface area contributed by atoms with Crippen LogP contribution in [0.25, 0.3) is 22.4 Å². The van der Waals surface area contributed by atoms with Crippen molar-refractivity contribution >= 4 is 46.6 Å². The number of nitrogens with zero attached hydrogens (tertiary/aromatic N) is 3. The van der Waals surface area contributed by atoms with Crippen LogP contribution in [-0.2, 0) is 4.79 Å². The van der Waals surface area contributed by atoms with Crippen LogP contribution in [0.5, 0.6) is 0 Å². The number of aromatic amines is 1. The molecule has 0 radical (unpaired) electrons. The van der Waals surface area contributed by atoms with Gasteiger partial charge in [-0.2, -0.15) is 0 Å². The second-order valence-electron chi connectivity index (χ2n) is 7.26. The van der Waals surface area contributed by atoms with Crippen LogP contribution in [0.4, 0.5) is 15.9 Å². The second kappa shape index (κ2) is 9.11. The monoisotopic (exact) mass is 454 g/mol. The lowest BCUT2D eigenvalue weighted by molar-refractivity contribution is -0.114. The minimum absolute atomic E-state index is 0. The SMILES string of the molecule is CC(C)c1cnc(-c2ccc(F)cc2)nc1Nc1ccnc2[nH]cc(C(=O)C(N)=O)c12.Cl. The van der Waals surface area contributed by atoms with Crippen molar-refractivity contribution in [3.63, 3.8) is 0 Å². The van der Waals surface area contributed by atoms with Crippen molar-refractivity contribution in [2.24, 2.45) is 5.73 Å². The van der Waals surface area contributed by atoms with Crippen LogP contribution in [0.15, 0.2) is 48.9 Å². The van der Waals surface area contributed by atoms with E-state index in [1.807, 2.05) is 13.8 Å². The average molecular weight is 455 g/mol. The van der Waals surface area contributed by atoms with E-state index < -0.39 is 11.7 Å². The predicted octanol–water partition coefficient (Wildman–Crippen LogP) is 4.12. The van der Waals surface area contributed by atoms with E-state index in [-0.39, 0.29) is 29.7 Å². The summed E-state index contributed by atoms with van der Waals surface area (Å²) in [5, 5.41) is 3.68. The highest BCUT2D eigenvalue weighted by molar-refractivity contribution is 6.44. The van der Waals surface area contributed by atoms with Crippen molar-refractivity contribution in [1.29, 1.82) is 0 Å². The fraction of sp³-hybridized carbons (Fsp3) is 0.136. The van der Waals surface area contributed by atoms with Crippen molar-refractivity contribution in [1.82, 2.24) is 19.9 Å². The van der Waals surface area contributed by atoms with Crippen molar-refractivity contribution in [3.8, 4) is 11.4 Å². The third kappa shape index (κ3) is 4.28. The zero-order valence-corrected chi connectivity index (χ0v) is 18.0. The average Bonchev–Trinajstić information content (AvgIpc) is 3.18. The summed E-state index contributed by atoms with van der Waals surface area (Å²) in [5.74, 6) is -1.19. The van der Waals surface area contributed by atoms with Gasteiger partial charge in [-0.1, -0.05) is 13.8 Å². The molecule has 0 fully saturated rings. The molecule has 164 valence electrons. The Morgan fingerprint density at radius 1 is 1.12 bits per heavy atom. The molecule has 32 heavy (non-hydrogen) atoms. The summed E-state index contributed by atoms with van der Waals surface area (Å²) in [6.07, 6.45) is 4.68. The van der Waals surface area contributed by atoms with E-state index in [0.717, 1.165) is 5.56 Å². The molecule has 0 saturated heterocycles. The molecule has 1 aromatic carbocycles. The molecular weight excluding hydrogens is 435 g/mol. The number of amides is 1. The molecule has 8 nitrogen and oxygen atoms in total. The highest BCUT2D eigenvalue weighted by atomic mass is 35.5. The molecule has 4 aromatic rings. The molecule has 0 saturated carbocycles. The standard InChI is InChI=1S/C22H19FN6O2.ClH/c1-11(2)14-9-26-20(12-3-5-13(23)6-4-12)29-21(14)28-16-7-8-25-22-17(16)15(10-27-22)18(30)19(24)31;/h3-11H,1-2H3,(H2,24,31)(H2,25,26,27,28,29);1H. The van der Waals surface area contributed by atoms with Gasteiger partial charge >= 0.3 is 0 Å². The molecule has 10 heteroatoms. The van der Waals surface area contributed by atoms with Crippen LogP contribution < -0.4 is 11.1 Å². The third-order valence-electron chi connectivity index (χ3n) is 4.84. The Bertz CT molecular complexity index is 1300. The summed E-state index contributed by atoms with van der Waals surface area (Å²) >= 11 is 0. The van der Waals surface area contributed by atoms with Crippen molar-refractivity contribution < 1.29 is 14.0 Å². The maximum absolute atomic E-state index is 13.3. The number of carbonyl (C=O) groups excluding carboxylic acids is 2. The maximum Gasteiger partial charge on any atom is 0.289 e. The van der Waals surface area contributed by atoms with E-state index in [4.69, 9.17) is 5.73 Å². The molecule has 4 N–H and O–H groups in total. The van der Waals surface area contributed by atoms with Crippen LogP contribution in [-0.4, -0.2) is 31.6 Å². The lowest BCUT2D eigenvalue weighted by atomic mass is 10.0. The first kappa shape index (κ1) is 22.8. The van der Waals surface area contributed by atoms with Gasteiger partial charge < -0.3 is 16.0 Å². The second-order valence-corrected chi connectivity index (χ2v) is 7.26. The topological polar surface area (TPSA) is 127 Å². The Balaban J connectivity index is 0.00000289. The van der Waals surface area contributed by atoms with Gasteiger partial charge in [0.2, 0.25) is 0 Å². The van der Waals surface area contributed by atoms with Crippen LogP contribution >= 0.6 is 12.4 Å². The first-order chi connectivity index (χ1) is 14.8. The Hall–Kier alpha value is -3.85. The quantitative estimate of drug-likeness (QED) is 0.297. The zero-order chi connectivity index (χ0) is 22.1. The molecule has 0 aliphatic heterocycles. The Labute approximate surface area is 188 Å². The summed E-state index contributed by atoms with van der Waals surface area (Å²) in [6, 6.07) is 7.57. The number of fused-ring (bicyclic) bond motifs is 1. The zero-order valence-electron chi connectivity index (χ0n) is 17.2. The van der Waals surface area contributed by atoms with Gasteiger partial charge in [0.05, 0.1) is 16.6 Å². The Morgan fingerprint density at radius 2 is 1.84 bits per heavy atom. The molecule has 0 unspecified atom stereocenters. The number of pyridine rings is 1.